The molecule has 2 nitrogen and oxygen atoms in total. The van der Waals surface area contributed by atoms with Gasteiger partial charge in [-0.15, -0.1) is 0 Å². The second kappa shape index (κ2) is 4.24. The first-order valence-corrected chi connectivity index (χ1v) is 2.98. The second-order valence-electron chi connectivity index (χ2n) is 2.02. The van der Waals surface area contributed by atoms with Gasteiger partial charge < -0.3 is 0 Å². The molecule has 1 heterocycles. The van der Waals surface area contributed by atoms with Crippen LogP contribution in [0.5, 0.6) is 0 Å². The first kappa shape index (κ1) is 8.34. The van der Waals surface area contributed by atoms with Crippen LogP contribution in [0.2, 0.25) is 0 Å². The van der Waals surface area contributed by atoms with Crippen molar-refractivity contribution >= 4 is 12.6 Å². The summed E-state index contributed by atoms with van der Waals surface area (Å²) in [6.45, 7) is 0.920. The van der Waals surface area contributed by atoms with E-state index in [0.717, 1.165) is 25.8 Å². The molecule has 2 heteroatoms. The van der Waals surface area contributed by atoms with Crippen molar-refractivity contribution < 1.29 is 9.37 Å². The maximum Gasteiger partial charge on any atom is 0.374 e. The summed E-state index contributed by atoms with van der Waals surface area (Å²) in [6.07, 6.45) is 6.31. The summed E-state index contributed by atoms with van der Waals surface area (Å²) in [4.78, 5) is 10.1. The fourth-order valence-electron chi connectivity index (χ4n) is 0.883. The molecule has 0 N–H and O–H groups in total. The lowest BCUT2D eigenvalue weighted by Crippen LogP contribution is -2.16. The van der Waals surface area contributed by atoms with Gasteiger partial charge in [0.25, 0.3) is 0 Å². The second-order valence-corrected chi connectivity index (χ2v) is 2.02. The maximum atomic E-state index is 10.1. The Morgan fingerprint density at radius 1 is 1.44 bits per heavy atom. The maximum absolute atomic E-state index is 10.1. The topological polar surface area (TPSA) is 20.1 Å². The molecule has 0 aromatic carbocycles. The molecule has 0 aromatic rings. The third-order valence-corrected chi connectivity index (χ3v) is 1.37. The Kier molecular flexibility index (Phi) is 3.93. The molecule has 0 fully saturated rings. The van der Waals surface area contributed by atoms with Gasteiger partial charge in [-0.3, -0.25) is 0 Å². The van der Waals surface area contributed by atoms with E-state index < -0.39 is 0 Å². The Bertz CT molecular complexity index is 118. The highest BCUT2D eigenvalue weighted by atomic mass is 16.3. The molecule has 0 atom stereocenters. The molecule has 0 radical (unpaired) electrons. The van der Waals surface area contributed by atoms with E-state index in [4.69, 9.17) is 0 Å². The van der Waals surface area contributed by atoms with Crippen molar-refractivity contribution in [1.82, 2.24) is 0 Å². The van der Waals surface area contributed by atoms with Crippen molar-refractivity contribution in [3.05, 3.63) is 0 Å². The molecule has 0 aliphatic carbocycles. The highest BCUT2D eigenvalue weighted by Gasteiger charge is 2.05. The van der Waals surface area contributed by atoms with E-state index in [1.807, 2.05) is 6.21 Å². The quantitative estimate of drug-likeness (QED) is 0.226. The molecule has 0 unspecified atom stereocenters. The highest BCUT2D eigenvalue weighted by Crippen LogP contribution is 1.97. The number of hydrogen-bond donors (Lipinski definition) is 0. The molecule has 52 valence electrons. The summed E-state index contributed by atoms with van der Waals surface area (Å²) < 4.78 is 1.71. The zero-order valence-corrected chi connectivity index (χ0v) is 4.84. The minimum absolute atomic E-state index is 0. The predicted molar refractivity (Wildman–Crippen MR) is 37.8 cm³/mol. The summed E-state index contributed by atoms with van der Waals surface area (Å²) >= 11 is 0. The average molecular weight is 132 g/mol. The van der Waals surface area contributed by atoms with Gasteiger partial charge in [-0.25, -0.2) is 4.79 Å². The normalized spacial score (nSPS) is 17.6. The zero-order valence-electron chi connectivity index (χ0n) is 4.84. The molecule has 0 spiro atoms. The monoisotopic (exact) mass is 132 g/mol. The molecule has 0 saturated heterocycles. The predicted octanol–water partition coefficient (Wildman–Crippen LogP) is 1.05. The molecule has 1 amide bonds. The Morgan fingerprint density at radius 3 is 2.56 bits per heavy atom. The Morgan fingerprint density at radius 2 is 2.22 bits per heavy atom. The van der Waals surface area contributed by atoms with E-state index in [0.29, 0.717) is 0 Å². The molecular weight excluding hydrogens is 118 g/mol. The number of nitrogens with zero attached hydrogens (tertiary/aromatic N) is 1. The fourth-order valence-corrected chi connectivity index (χ4v) is 0.883. The van der Waals surface area contributed by atoms with Gasteiger partial charge in [0, 0.05) is 12.8 Å². The van der Waals surface area contributed by atoms with Crippen molar-refractivity contribution in [3.63, 3.8) is 0 Å². The van der Waals surface area contributed by atoms with Crippen LogP contribution >= 0.6 is 0 Å². The van der Waals surface area contributed by atoms with E-state index in [2.05, 4.69) is 0 Å². The van der Waals surface area contributed by atoms with Gasteiger partial charge >= 0.3 is 6.41 Å². The van der Waals surface area contributed by atoms with Crippen molar-refractivity contribution in [3.8, 4) is 0 Å². The lowest BCUT2D eigenvalue weighted by Gasteiger charge is -1.99. The minimum atomic E-state index is 0. The van der Waals surface area contributed by atoms with Crippen LogP contribution in [0.1, 0.15) is 26.7 Å². The highest BCUT2D eigenvalue weighted by molar-refractivity contribution is 5.57. The molecule has 1 aliphatic heterocycles. The van der Waals surface area contributed by atoms with E-state index >= 15 is 0 Å². The number of rotatable bonds is 1. The van der Waals surface area contributed by atoms with Gasteiger partial charge in [0.15, 0.2) is 6.54 Å². The smallest absolute Gasteiger partial charge is 0.223 e. The SMILES string of the molecule is O=[13CH][15N+]1=CCCC[13CH2]1.[13CH4]. The summed E-state index contributed by atoms with van der Waals surface area (Å²) in [5, 5.41) is 0. The Labute approximate surface area is 56.2 Å². The lowest BCUT2D eigenvalue weighted by atomic mass is 10.3. The third-order valence-electron chi connectivity index (χ3n) is 1.37. The van der Waals surface area contributed by atoms with Crippen LogP contribution in [-0.2, 0) is 4.79 Å². The lowest BCUT2D eigenvalue weighted by molar-refractivity contribution is -0.434. The van der Waals surface area contributed by atoms with E-state index in [-0.39, 0.29) is 7.43 Å². The van der Waals surface area contributed by atoms with E-state index in [1.54, 1.807) is 4.58 Å². The van der Waals surface area contributed by atoms with E-state index in [1.165, 1.54) is 6.42 Å². The number of amides is 1. The van der Waals surface area contributed by atoms with Crippen LogP contribution in [0, 0.1) is 0 Å². The zero-order chi connectivity index (χ0) is 5.82. The van der Waals surface area contributed by atoms with Gasteiger partial charge in [-0.1, -0.05) is 7.43 Å². The number of carbonyl (C=O) groups is 1. The van der Waals surface area contributed by atoms with Gasteiger partial charge in [0.1, 0.15) is 6.21 Å². The van der Waals surface area contributed by atoms with Crippen LogP contribution in [0.4, 0.5) is 0 Å². The van der Waals surface area contributed by atoms with Crippen LogP contribution in [-0.4, -0.2) is 23.7 Å². The number of carbonyl (C=O) groups excluding carboxylic acids is 1. The first-order valence-electron chi connectivity index (χ1n) is 2.98. The molecule has 1 aliphatic rings. The average Bonchev–Trinajstić information content (AvgIpc) is 1.90. The Balaban J connectivity index is 0.000000640. The third kappa shape index (κ3) is 2.40. The molecule has 9 heavy (non-hydrogen) atoms. The van der Waals surface area contributed by atoms with Crippen LogP contribution in [0.15, 0.2) is 0 Å². The largest absolute Gasteiger partial charge is 0.374 e. The van der Waals surface area contributed by atoms with Gasteiger partial charge in [-0.2, -0.15) is 4.58 Å². The molecular formula is C7H14NO+. The number of hydrogen-bond acceptors (Lipinski definition) is 1. The van der Waals surface area contributed by atoms with E-state index in [9.17, 15) is 4.79 Å². The summed E-state index contributed by atoms with van der Waals surface area (Å²) in [7, 11) is 0. The molecule has 1 rings (SSSR count). The summed E-state index contributed by atoms with van der Waals surface area (Å²) in [5.41, 5.74) is 0. The first-order chi connectivity index (χ1) is 3.93. The van der Waals surface area contributed by atoms with Crippen molar-refractivity contribution in [1.29, 1.82) is 0 Å². The Hall–Kier alpha value is -0.660. The van der Waals surface area contributed by atoms with Gasteiger partial charge in [-0.05, 0) is 6.42 Å². The molecule has 0 bridgehead atoms. The van der Waals surface area contributed by atoms with Crippen molar-refractivity contribution in [2.24, 2.45) is 0 Å². The van der Waals surface area contributed by atoms with Gasteiger partial charge in [0.2, 0.25) is 0 Å². The van der Waals surface area contributed by atoms with Crippen molar-refractivity contribution in [2.45, 2.75) is 26.7 Å². The summed E-state index contributed by atoms with van der Waals surface area (Å²) in [5.74, 6) is 0. The standard InChI is InChI=1S/C6H10NO.CH4/c8-6-7-4-2-1-3-5-7;/h4,6H,1-3,5H2;1H4/q+1;/i5+1,6+1,7+1;1+1. The molecule has 0 saturated carbocycles. The van der Waals surface area contributed by atoms with Crippen LogP contribution in [0.25, 0.3) is 0 Å². The molecule has 0 aromatic heterocycles. The van der Waals surface area contributed by atoms with Crippen LogP contribution in [0.3, 0.4) is 0 Å². The van der Waals surface area contributed by atoms with Gasteiger partial charge in [0.05, 0.1) is 0 Å². The van der Waals surface area contributed by atoms with Crippen molar-refractivity contribution in [2.75, 3.05) is 6.54 Å². The fraction of sp³-hybridized carbons (Fsp3) is 0.714. The van der Waals surface area contributed by atoms with Crippen LogP contribution < -0.4 is 0 Å². The summed E-state index contributed by atoms with van der Waals surface area (Å²) in [6, 6.07) is 0. The minimum Gasteiger partial charge on any atom is -0.223 e.